The highest BCUT2D eigenvalue weighted by molar-refractivity contribution is 8.23. The smallest absolute Gasteiger partial charge is 0.316 e. The molecule has 0 unspecified atom stereocenters. The molecule has 4 heteroatoms. The summed E-state index contributed by atoms with van der Waals surface area (Å²) in [4.78, 5) is 10.8. The Morgan fingerprint density at radius 3 is 2.67 bits per heavy atom. The van der Waals surface area contributed by atoms with E-state index in [2.05, 4.69) is 6.92 Å². The van der Waals surface area contributed by atoms with Crippen molar-refractivity contribution in [3.63, 3.8) is 0 Å². The Morgan fingerprint density at radius 2 is 2.17 bits per heavy atom. The first-order chi connectivity index (χ1) is 5.70. The molecule has 0 aliphatic rings. The van der Waals surface area contributed by atoms with Crippen LogP contribution >= 0.6 is 24.0 Å². The van der Waals surface area contributed by atoms with Gasteiger partial charge in [0.15, 0.2) is 0 Å². The van der Waals surface area contributed by atoms with Crippen molar-refractivity contribution < 1.29 is 9.53 Å². The standard InChI is InChI=1S/C8H14O2S2/c1-3-5-8(11)12-6-7(9)10-4-2/h3-6H2,1-2H3. The van der Waals surface area contributed by atoms with Gasteiger partial charge in [-0.1, -0.05) is 25.6 Å². The minimum Gasteiger partial charge on any atom is -0.465 e. The summed E-state index contributed by atoms with van der Waals surface area (Å²) in [6.45, 7) is 4.31. The molecular weight excluding hydrogens is 192 g/mol. The molecule has 0 radical (unpaired) electrons. The molecule has 2 nitrogen and oxygen atoms in total. The van der Waals surface area contributed by atoms with Gasteiger partial charge in [-0.2, -0.15) is 0 Å². The summed E-state index contributed by atoms with van der Waals surface area (Å²) < 4.78 is 5.65. The first-order valence-electron chi connectivity index (χ1n) is 4.02. The lowest BCUT2D eigenvalue weighted by Crippen LogP contribution is -2.08. The minimum atomic E-state index is -0.180. The number of esters is 1. The third-order valence-electron chi connectivity index (χ3n) is 1.11. The molecule has 0 aromatic heterocycles. The molecule has 0 saturated heterocycles. The minimum absolute atomic E-state index is 0.180. The maximum absolute atomic E-state index is 10.8. The summed E-state index contributed by atoms with van der Waals surface area (Å²) in [6.07, 6.45) is 1.94. The second kappa shape index (κ2) is 7.55. The van der Waals surface area contributed by atoms with E-state index in [1.54, 1.807) is 6.92 Å². The van der Waals surface area contributed by atoms with Crippen LogP contribution < -0.4 is 0 Å². The molecule has 0 atom stereocenters. The Hall–Kier alpha value is -0.0900. The molecule has 70 valence electrons. The molecule has 0 fully saturated rings. The van der Waals surface area contributed by atoms with Crippen LogP contribution in [0, 0.1) is 0 Å². The van der Waals surface area contributed by atoms with Crippen molar-refractivity contribution >= 4 is 34.1 Å². The second-order valence-electron chi connectivity index (χ2n) is 2.22. The normalized spacial score (nSPS) is 9.50. The summed E-state index contributed by atoms with van der Waals surface area (Å²) in [5, 5.41) is 0. The molecule has 0 amide bonds. The van der Waals surface area contributed by atoms with Gasteiger partial charge in [-0.15, -0.1) is 11.8 Å². The van der Waals surface area contributed by atoms with Gasteiger partial charge < -0.3 is 4.74 Å². The lowest BCUT2D eigenvalue weighted by molar-refractivity contribution is -0.139. The van der Waals surface area contributed by atoms with E-state index >= 15 is 0 Å². The van der Waals surface area contributed by atoms with Crippen molar-refractivity contribution in [2.45, 2.75) is 26.7 Å². The Balaban J connectivity index is 3.40. The predicted octanol–water partition coefficient (Wildman–Crippen LogP) is 2.41. The van der Waals surface area contributed by atoms with Crippen molar-refractivity contribution in [2.75, 3.05) is 12.4 Å². The summed E-state index contributed by atoms with van der Waals surface area (Å²) in [5.74, 6) is 0.174. The zero-order valence-corrected chi connectivity index (χ0v) is 9.09. The van der Waals surface area contributed by atoms with E-state index < -0.39 is 0 Å². The molecule has 0 N–H and O–H groups in total. The van der Waals surface area contributed by atoms with E-state index in [4.69, 9.17) is 17.0 Å². The molecular formula is C8H14O2S2. The topological polar surface area (TPSA) is 26.3 Å². The highest BCUT2D eigenvalue weighted by Gasteiger charge is 2.03. The fourth-order valence-electron chi connectivity index (χ4n) is 0.618. The number of hydrogen-bond acceptors (Lipinski definition) is 4. The highest BCUT2D eigenvalue weighted by atomic mass is 32.2. The van der Waals surface area contributed by atoms with Crippen LogP contribution in [0.1, 0.15) is 26.7 Å². The van der Waals surface area contributed by atoms with Gasteiger partial charge in [-0.25, -0.2) is 0 Å². The van der Waals surface area contributed by atoms with Gasteiger partial charge in [0.1, 0.15) is 0 Å². The molecule has 0 bridgehead atoms. The van der Waals surface area contributed by atoms with Gasteiger partial charge >= 0.3 is 5.97 Å². The number of carbonyl (C=O) groups excluding carboxylic acids is 1. The van der Waals surface area contributed by atoms with Crippen molar-refractivity contribution in [3.05, 3.63) is 0 Å². The Morgan fingerprint density at radius 1 is 1.50 bits per heavy atom. The largest absolute Gasteiger partial charge is 0.465 e. The summed E-state index contributed by atoms with van der Waals surface area (Å²) in [5.41, 5.74) is 0. The maximum atomic E-state index is 10.8. The molecule has 0 spiro atoms. The van der Waals surface area contributed by atoms with Crippen molar-refractivity contribution in [1.82, 2.24) is 0 Å². The van der Waals surface area contributed by atoms with Crippen LogP contribution in [0.25, 0.3) is 0 Å². The summed E-state index contributed by atoms with van der Waals surface area (Å²) in [6, 6.07) is 0. The Bertz CT molecular complexity index is 139. The van der Waals surface area contributed by atoms with Crippen LogP contribution in [-0.2, 0) is 9.53 Å². The Kier molecular flexibility index (Phi) is 7.50. The zero-order valence-electron chi connectivity index (χ0n) is 7.46. The van der Waals surface area contributed by atoms with E-state index in [0.29, 0.717) is 12.4 Å². The van der Waals surface area contributed by atoms with E-state index in [0.717, 1.165) is 17.0 Å². The number of carbonyl (C=O) groups is 1. The van der Waals surface area contributed by atoms with E-state index in [1.807, 2.05) is 0 Å². The van der Waals surface area contributed by atoms with Gasteiger partial charge in [-0.3, -0.25) is 4.79 Å². The molecule has 12 heavy (non-hydrogen) atoms. The summed E-state index contributed by atoms with van der Waals surface area (Å²) >= 11 is 6.42. The van der Waals surface area contributed by atoms with Crippen molar-refractivity contribution in [2.24, 2.45) is 0 Å². The van der Waals surface area contributed by atoms with Crippen LogP contribution in [0.5, 0.6) is 0 Å². The monoisotopic (exact) mass is 206 g/mol. The predicted molar refractivity (Wildman–Crippen MR) is 56.6 cm³/mol. The number of thioether (sulfide) groups is 1. The van der Waals surface area contributed by atoms with Gasteiger partial charge in [0.05, 0.1) is 12.4 Å². The van der Waals surface area contributed by atoms with Crippen LogP contribution in [0.15, 0.2) is 0 Å². The lowest BCUT2D eigenvalue weighted by atomic mass is 10.4. The average molecular weight is 206 g/mol. The van der Waals surface area contributed by atoms with Crippen molar-refractivity contribution in [3.8, 4) is 0 Å². The maximum Gasteiger partial charge on any atom is 0.316 e. The Labute approximate surface area is 83.1 Å². The quantitative estimate of drug-likeness (QED) is 0.510. The average Bonchev–Trinajstić information content (AvgIpc) is 2.02. The number of thiocarbonyl (C=S) groups is 1. The molecule has 0 aliphatic heterocycles. The van der Waals surface area contributed by atoms with Crippen molar-refractivity contribution in [1.29, 1.82) is 0 Å². The van der Waals surface area contributed by atoms with Crippen LogP contribution in [-0.4, -0.2) is 22.5 Å². The fourth-order valence-corrected chi connectivity index (χ4v) is 1.71. The molecule has 0 aromatic carbocycles. The van der Waals surface area contributed by atoms with E-state index in [9.17, 15) is 4.79 Å². The number of rotatable bonds is 5. The van der Waals surface area contributed by atoms with Gasteiger partial charge in [-0.05, 0) is 13.3 Å². The molecule has 0 heterocycles. The zero-order chi connectivity index (χ0) is 9.40. The third-order valence-corrected chi connectivity index (χ3v) is 2.57. The van der Waals surface area contributed by atoms with Gasteiger partial charge in [0.2, 0.25) is 0 Å². The second-order valence-corrected chi connectivity index (χ2v) is 4.04. The van der Waals surface area contributed by atoms with Gasteiger partial charge in [0, 0.05) is 4.20 Å². The number of hydrogen-bond donors (Lipinski definition) is 0. The molecule has 0 rings (SSSR count). The van der Waals surface area contributed by atoms with Crippen LogP contribution in [0.2, 0.25) is 0 Å². The molecule has 0 aromatic rings. The lowest BCUT2D eigenvalue weighted by Gasteiger charge is -2.01. The van der Waals surface area contributed by atoms with E-state index in [1.165, 1.54) is 11.8 Å². The van der Waals surface area contributed by atoms with E-state index in [-0.39, 0.29) is 5.97 Å². The fraction of sp³-hybridized carbons (Fsp3) is 0.750. The number of ether oxygens (including phenoxy) is 1. The van der Waals surface area contributed by atoms with Crippen LogP contribution in [0.3, 0.4) is 0 Å². The molecule has 0 aliphatic carbocycles. The first kappa shape index (κ1) is 11.9. The summed E-state index contributed by atoms with van der Waals surface area (Å²) in [7, 11) is 0. The first-order valence-corrected chi connectivity index (χ1v) is 5.41. The molecule has 0 saturated carbocycles. The highest BCUT2D eigenvalue weighted by Crippen LogP contribution is 2.09. The third kappa shape index (κ3) is 6.61. The SMILES string of the molecule is CCCC(=S)SCC(=O)OCC. The van der Waals surface area contributed by atoms with Crippen LogP contribution in [0.4, 0.5) is 0 Å². The van der Waals surface area contributed by atoms with Gasteiger partial charge in [0.25, 0.3) is 0 Å².